The second kappa shape index (κ2) is 4.09. The Morgan fingerprint density at radius 2 is 1.67 bits per heavy atom. The van der Waals surface area contributed by atoms with Crippen LogP contribution in [-0.4, -0.2) is 18.0 Å². The maximum Gasteiger partial charge on any atom is -0.0178 e. The first-order chi connectivity index (χ1) is 5.54. The molecule has 3 atom stereocenters. The molecule has 0 heterocycles. The van der Waals surface area contributed by atoms with Crippen LogP contribution in [0.2, 0.25) is 0 Å². The summed E-state index contributed by atoms with van der Waals surface area (Å²) in [4.78, 5) is 0. The van der Waals surface area contributed by atoms with E-state index in [9.17, 15) is 0 Å². The van der Waals surface area contributed by atoms with Crippen molar-refractivity contribution in [2.75, 3.05) is 6.66 Å². The van der Waals surface area contributed by atoms with Gasteiger partial charge in [-0.2, -0.15) is 0 Å². The lowest BCUT2D eigenvalue weighted by molar-refractivity contribution is 0.243. The summed E-state index contributed by atoms with van der Waals surface area (Å²) in [7, 11) is 0.314. The van der Waals surface area contributed by atoms with Crippen molar-refractivity contribution in [3.8, 4) is 0 Å². The van der Waals surface area contributed by atoms with Crippen molar-refractivity contribution in [1.29, 1.82) is 0 Å². The van der Waals surface area contributed by atoms with Gasteiger partial charge in [0.2, 0.25) is 0 Å². The van der Waals surface area contributed by atoms with Gasteiger partial charge in [-0.1, -0.05) is 27.7 Å². The minimum Gasteiger partial charge on any atom is -0.104 e. The molecule has 1 aliphatic rings. The Kier molecular flexibility index (Phi) is 3.58. The van der Waals surface area contributed by atoms with Crippen molar-refractivity contribution in [1.82, 2.24) is 0 Å². The van der Waals surface area contributed by atoms with Crippen molar-refractivity contribution < 1.29 is 0 Å². The molecule has 0 amide bonds. The first-order valence-corrected chi connectivity index (χ1v) is 7.18. The summed E-state index contributed by atoms with van der Waals surface area (Å²) in [5.74, 6) is 1.98. The Morgan fingerprint density at radius 3 is 1.92 bits per heavy atom. The van der Waals surface area contributed by atoms with Crippen LogP contribution in [0.3, 0.4) is 0 Å². The summed E-state index contributed by atoms with van der Waals surface area (Å²) in [6, 6.07) is 0. The van der Waals surface area contributed by atoms with E-state index in [0.29, 0.717) is 7.92 Å². The van der Waals surface area contributed by atoms with Gasteiger partial charge in [-0.3, -0.25) is 0 Å². The lowest BCUT2D eigenvalue weighted by atomic mass is 9.77. The lowest BCUT2D eigenvalue weighted by Gasteiger charge is -2.45. The van der Waals surface area contributed by atoms with Crippen molar-refractivity contribution in [2.45, 2.75) is 51.9 Å². The van der Waals surface area contributed by atoms with E-state index in [0.717, 1.165) is 23.2 Å². The standard InChI is InChI=1S/C11H23P/c1-8(2)10-6-7-11(10)12(5)9(3)4/h8-11H,6-7H2,1-5H3. The van der Waals surface area contributed by atoms with Crippen LogP contribution < -0.4 is 0 Å². The van der Waals surface area contributed by atoms with E-state index in [2.05, 4.69) is 34.4 Å². The second-order valence-electron chi connectivity index (χ2n) is 4.81. The Balaban J connectivity index is 2.43. The zero-order valence-corrected chi connectivity index (χ0v) is 10.1. The normalized spacial score (nSPS) is 32.2. The first-order valence-electron chi connectivity index (χ1n) is 5.26. The smallest absolute Gasteiger partial charge is 0.0178 e. The number of hydrogen-bond acceptors (Lipinski definition) is 0. The zero-order chi connectivity index (χ0) is 9.30. The summed E-state index contributed by atoms with van der Waals surface area (Å²) in [6.07, 6.45) is 3.02. The molecule has 0 spiro atoms. The Morgan fingerprint density at radius 1 is 1.08 bits per heavy atom. The molecule has 0 aromatic heterocycles. The highest BCUT2D eigenvalue weighted by Gasteiger charge is 2.37. The van der Waals surface area contributed by atoms with E-state index in [1.165, 1.54) is 12.8 Å². The van der Waals surface area contributed by atoms with E-state index in [1.54, 1.807) is 0 Å². The topological polar surface area (TPSA) is 0 Å². The van der Waals surface area contributed by atoms with Crippen LogP contribution in [0.4, 0.5) is 0 Å². The third kappa shape index (κ3) is 2.02. The average Bonchev–Trinajstić information content (AvgIpc) is 1.82. The molecular weight excluding hydrogens is 163 g/mol. The summed E-state index contributed by atoms with van der Waals surface area (Å²) in [5, 5.41) is 0. The van der Waals surface area contributed by atoms with Gasteiger partial charge in [-0.25, -0.2) is 0 Å². The van der Waals surface area contributed by atoms with Gasteiger partial charge >= 0.3 is 0 Å². The van der Waals surface area contributed by atoms with Gasteiger partial charge < -0.3 is 0 Å². The molecule has 0 radical (unpaired) electrons. The third-order valence-electron chi connectivity index (χ3n) is 3.48. The molecule has 0 nitrogen and oxygen atoms in total. The van der Waals surface area contributed by atoms with Crippen LogP contribution in [0, 0.1) is 11.8 Å². The van der Waals surface area contributed by atoms with E-state index < -0.39 is 0 Å². The Labute approximate surface area is 78.9 Å². The minimum absolute atomic E-state index is 0.314. The third-order valence-corrected chi connectivity index (χ3v) is 6.80. The molecule has 72 valence electrons. The number of hydrogen-bond donors (Lipinski definition) is 0. The molecule has 1 heteroatoms. The molecule has 12 heavy (non-hydrogen) atoms. The molecule has 0 saturated heterocycles. The first kappa shape index (κ1) is 10.5. The molecule has 0 aromatic carbocycles. The van der Waals surface area contributed by atoms with E-state index in [1.807, 2.05) is 0 Å². The van der Waals surface area contributed by atoms with Gasteiger partial charge in [0.15, 0.2) is 0 Å². The molecular formula is C11H23P. The fourth-order valence-corrected chi connectivity index (χ4v) is 4.59. The summed E-state index contributed by atoms with van der Waals surface area (Å²) >= 11 is 0. The molecule has 1 saturated carbocycles. The van der Waals surface area contributed by atoms with Crippen molar-refractivity contribution in [2.24, 2.45) is 11.8 Å². The summed E-state index contributed by atoms with van der Waals surface area (Å²) in [5.41, 5.74) is 2.03. The van der Waals surface area contributed by atoms with Crippen molar-refractivity contribution in [3.05, 3.63) is 0 Å². The molecule has 0 bridgehead atoms. The van der Waals surface area contributed by atoms with Crippen LogP contribution in [0.15, 0.2) is 0 Å². The maximum atomic E-state index is 2.50. The largest absolute Gasteiger partial charge is 0.104 e. The van der Waals surface area contributed by atoms with Gasteiger partial charge in [0.25, 0.3) is 0 Å². The van der Waals surface area contributed by atoms with E-state index in [-0.39, 0.29) is 0 Å². The molecule has 1 rings (SSSR count). The van der Waals surface area contributed by atoms with Gasteiger partial charge in [-0.05, 0) is 42.7 Å². The highest BCUT2D eigenvalue weighted by molar-refractivity contribution is 7.58. The molecule has 1 fully saturated rings. The van der Waals surface area contributed by atoms with E-state index in [4.69, 9.17) is 0 Å². The predicted molar refractivity (Wildman–Crippen MR) is 59.3 cm³/mol. The van der Waals surface area contributed by atoms with Crippen LogP contribution in [-0.2, 0) is 0 Å². The monoisotopic (exact) mass is 186 g/mol. The number of rotatable bonds is 3. The molecule has 3 unspecified atom stereocenters. The fourth-order valence-electron chi connectivity index (χ4n) is 2.17. The van der Waals surface area contributed by atoms with Gasteiger partial charge in [-0.15, -0.1) is 7.92 Å². The maximum absolute atomic E-state index is 2.50. The lowest BCUT2D eigenvalue weighted by Crippen LogP contribution is -2.35. The van der Waals surface area contributed by atoms with Gasteiger partial charge in [0, 0.05) is 0 Å². The summed E-state index contributed by atoms with van der Waals surface area (Å²) < 4.78 is 0. The Hall–Kier alpha value is 0.430. The summed E-state index contributed by atoms with van der Waals surface area (Å²) in [6.45, 7) is 12.1. The molecule has 0 N–H and O–H groups in total. The fraction of sp³-hybridized carbons (Fsp3) is 1.00. The van der Waals surface area contributed by atoms with Crippen molar-refractivity contribution in [3.63, 3.8) is 0 Å². The van der Waals surface area contributed by atoms with E-state index >= 15 is 0 Å². The Bertz CT molecular complexity index is 130. The zero-order valence-electron chi connectivity index (χ0n) is 9.17. The average molecular weight is 186 g/mol. The quantitative estimate of drug-likeness (QED) is 0.586. The molecule has 0 aromatic rings. The second-order valence-corrected chi connectivity index (χ2v) is 7.84. The molecule has 0 aliphatic heterocycles. The van der Waals surface area contributed by atoms with Crippen molar-refractivity contribution >= 4 is 7.92 Å². The predicted octanol–water partition coefficient (Wildman–Crippen LogP) is 3.94. The molecule has 1 aliphatic carbocycles. The van der Waals surface area contributed by atoms with Crippen LogP contribution in [0.5, 0.6) is 0 Å². The van der Waals surface area contributed by atoms with Gasteiger partial charge in [0.1, 0.15) is 0 Å². The van der Waals surface area contributed by atoms with Gasteiger partial charge in [0.05, 0.1) is 0 Å². The SMILES string of the molecule is CC(C)C1CCC1P(C)C(C)C. The highest BCUT2D eigenvalue weighted by atomic mass is 31.1. The highest BCUT2D eigenvalue weighted by Crippen LogP contribution is 2.55. The minimum atomic E-state index is 0.314. The van der Waals surface area contributed by atoms with Crippen LogP contribution in [0.25, 0.3) is 0 Å². The van der Waals surface area contributed by atoms with Crippen LogP contribution in [0.1, 0.15) is 40.5 Å². The van der Waals surface area contributed by atoms with Crippen LogP contribution >= 0.6 is 7.92 Å².